The van der Waals surface area contributed by atoms with Crippen molar-refractivity contribution < 1.29 is 33.7 Å². The maximum Gasteiger partial charge on any atom is 0.425 e. The van der Waals surface area contributed by atoms with Crippen molar-refractivity contribution in [2.45, 2.75) is 78.2 Å². The number of aromatic nitrogens is 4. The summed E-state index contributed by atoms with van der Waals surface area (Å²) in [7, 11) is 0. The van der Waals surface area contributed by atoms with Crippen molar-refractivity contribution in [2.75, 3.05) is 11.5 Å². The fraction of sp³-hybridized carbons (Fsp3) is 0.481. The molecule has 13 nitrogen and oxygen atoms in total. The topological polar surface area (TPSA) is 172 Å². The van der Waals surface area contributed by atoms with Crippen LogP contribution in [0.1, 0.15) is 59.9 Å². The zero-order valence-electron chi connectivity index (χ0n) is 24.2. The number of carbonyl (C=O) groups is 3. The Morgan fingerprint density at radius 3 is 2.21 bits per heavy atom. The number of nitrogens with zero attached hydrogens (tertiary/aromatic N) is 5. The molecule has 0 aliphatic heterocycles. The highest BCUT2D eigenvalue weighted by molar-refractivity contribution is 6.42. The van der Waals surface area contributed by atoms with Crippen molar-refractivity contribution in [3.63, 3.8) is 0 Å². The number of hydrogen-bond donors (Lipinski definition) is 2. The maximum absolute atomic E-state index is 13.2. The van der Waals surface area contributed by atoms with Gasteiger partial charge in [-0.15, -0.1) is 0 Å². The van der Waals surface area contributed by atoms with E-state index in [1.165, 1.54) is 12.7 Å². The zero-order chi connectivity index (χ0) is 31.4. The molecule has 0 fully saturated rings. The second-order valence-corrected chi connectivity index (χ2v) is 12.1. The lowest BCUT2D eigenvalue weighted by atomic mass is 10.1. The predicted molar refractivity (Wildman–Crippen MR) is 156 cm³/mol. The minimum atomic E-state index is -1.09. The van der Waals surface area contributed by atoms with Gasteiger partial charge in [0, 0.05) is 5.56 Å². The van der Waals surface area contributed by atoms with Gasteiger partial charge in [-0.25, -0.2) is 24.5 Å². The van der Waals surface area contributed by atoms with Crippen LogP contribution >= 0.6 is 23.2 Å². The summed E-state index contributed by atoms with van der Waals surface area (Å²) in [4.78, 5) is 50.9. The molecule has 15 heteroatoms. The Balaban J connectivity index is 1.98. The van der Waals surface area contributed by atoms with Gasteiger partial charge in [0.1, 0.15) is 29.3 Å². The predicted octanol–water partition coefficient (Wildman–Crippen LogP) is 5.43. The summed E-state index contributed by atoms with van der Waals surface area (Å²) in [5, 5.41) is 9.50. The van der Waals surface area contributed by atoms with Gasteiger partial charge in [0.05, 0.1) is 29.5 Å². The summed E-state index contributed by atoms with van der Waals surface area (Å²) in [6.07, 6.45) is 1.25. The summed E-state index contributed by atoms with van der Waals surface area (Å²) in [6.45, 7) is 10.3. The number of benzene rings is 1. The molecule has 1 atom stereocenters. The van der Waals surface area contributed by atoms with Crippen LogP contribution in [-0.4, -0.2) is 66.6 Å². The van der Waals surface area contributed by atoms with E-state index in [1.807, 2.05) is 0 Å². The van der Waals surface area contributed by atoms with Gasteiger partial charge in [-0.1, -0.05) is 23.2 Å². The Hall–Kier alpha value is -3.68. The van der Waals surface area contributed by atoms with Gasteiger partial charge in [0.2, 0.25) is 0 Å². The fourth-order valence-electron chi connectivity index (χ4n) is 3.65. The minimum absolute atomic E-state index is 0.0925. The largest absolute Gasteiger partial charge is 0.493 e. The number of rotatable bonds is 9. The normalized spacial score (nSPS) is 12.6. The van der Waals surface area contributed by atoms with E-state index >= 15 is 0 Å². The molecule has 1 aromatic carbocycles. The lowest BCUT2D eigenvalue weighted by Crippen LogP contribution is -2.44. The number of amides is 2. The van der Waals surface area contributed by atoms with Crippen molar-refractivity contribution in [2.24, 2.45) is 5.73 Å². The van der Waals surface area contributed by atoms with Crippen molar-refractivity contribution in [1.82, 2.24) is 19.5 Å². The molecular formula is C27H34Cl2N6O7. The second-order valence-electron chi connectivity index (χ2n) is 11.3. The number of hydrogen-bond acceptors (Lipinski definition) is 10. The Morgan fingerprint density at radius 1 is 1.02 bits per heavy atom. The van der Waals surface area contributed by atoms with Gasteiger partial charge < -0.3 is 29.6 Å². The highest BCUT2D eigenvalue weighted by Gasteiger charge is 2.35. The molecule has 3 rings (SSSR count). The summed E-state index contributed by atoms with van der Waals surface area (Å²) in [6, 6.07) is 2.24. The van der Waals surface area contributed by atoms with E-state index in [9.17, 15) is 14.4 Å². The van der Waals surface area contributed by atoms with E-state index in [0.717, 1.165) is 0 Å². The highest BCUT2D eigenvalue weighted by atomic mass is 35.5. The van der Waals surface area contributed by atoms with Crippen molar-refractivity contribution in [1.29, 1.82) is 0 Å². The van der Waals surface area contributed by atoms with E-state index in [-0.39, 0.29) is 46.6 Å². The first-order chi connectivity index (χ1) is 19.5. The van der Waals surface area contributed by atoms with E-state index in [1.54, 1.807) is 58.2 Å². The molecule has 2 amide bonds. The molecular weight excluding hydrogens is 591 g/mol. The Bertz CT molecular complexity index is 1440. The van der Waals surface area contributed by atoms with Crippen molar-refractivity contribution in [3.05, 3.63) is 40.4 Å². The number of carboxylic acid groups (broad SMARTS) is 1. The van der Waals surface area contributed by atoms with Gasteiger partial charge in [0.25, 0.3) is 0 Å². The molecule has 42 heavy (non-hydrogen) atoms. The highest BCUT2D eigenvalue weighted by Crippen LogP contribution is 2.35. The zero-order valence-corrected chi connectivity index (χ0v) is 25.7. The third-order valence-corrected chi connectivity index (χ3v) is 6.31. The van der Waals surface area contributed by atoms with E-state index in [0.29, 0.717) is 22.6 Å². The Morgan fingerprint density at radius 2 is 1.64 bits per heavy atom. The van der Waals surface area contributed by atoms with Gasteiger partial charge in [-0.05, 0) is 66.5 Å². The molecule has 0 aliphatic carbocycles. The molecule has 0 saturated carbocycles. The molecule has 0 spiro atoms. The van der Waals surface area contributed by atoms with Crippen LogP contribution in [0.3, 0.4) is 0 Å². The molecule has 0 unspecified atom stereocenters. The molecule has 3 N–H and O–H groups in total. The quantitative estimate of drug-likeness (QED) is 0.291. The van der Waals surface area contributed by atoms with Crippen molar-refractivity contribution in [3.8, 4) is 5.75 Å². The van der Waals surface area contributed by atoms with Gasteiger partial charge >= 0.3 is 18.2 Å². The lowest BCUT2D eigenvalue weighted by molar-refractivity contribution is -0.138. The molecule has 0 saturated heterocycles. The van der Waals surface area contributed by atoms with E-state index in [2.05, 4.69) is 15.0 Å². The van der Waals surface area contributed by atoms with E-state index in [4.69, 9.17) is 48.3 Å². The number of anilines is 1. The number of imide groups is 1. The summed E-state index contributed by atoms with van der Waals surface area (Å²) in [5.41, 5.74) is 4.63. The molecule has 2 heterocycles. The Labute approximate surface area is 252 Å². The summed E-state index contributed by atoms with van der Waals surface area (Å²) >= 11 is 12.8. The number of fused-ring (bicyclic) bond motifs is 1. The molecule has 3 aromatic rings. The van der Waals surface area contributed by atoms with Crippen molar-refractivity contribution >= 4 is 58.3 Å². The smallest absolute Gasteiger partial charge is 0.425 e. The first-order valence-electron chi connectivity index (χ1n) is 13.0. The number of aliphatic carboxylic acids is 1. The Kier molecular flexibility index (Phi) is 10.2. The number of nitrogens with two attached hydrogens (primary N) is 1. The number of carboxylic acids is 1. The van der Waals surface area contributed by atoms with Crippen LogP contribution in [0.2, 0.25) is 10.0 Å². The number of carbonyl (C=O) groups excluding carboxylic acids is 2. The average Bonchev–Trinajstić information content (AvgIpc) is 3.27. The van der Waals surface area contributed by atoms with Crippen LogP contribution in [0, 0.1) is 0 Å². The average molecular weight is 626 g/mol. The summed E-state index contributed by atoms with van der Waals surface area (Å²) in [5.74, 6) is -0.810. The van der Waals surface area contributed by atoms with E-state index < -0.39 is 35.4 Å². The first-order valence-corrected chi connectivity index (χ1v) is 13.7. The molecule has 0 bridgehead atoms. The SMILES string of the molecule is CC(C)(C)OC(=O)N(C(=O)OC(C)(C)C)c1ncnc2c1ncn2Cc1c(OCCC[C@@H](N)C(=O)O)ccc(Cl)c1Cl. The van der Waals surface area contributed by atoms with Crippen LogP contribution in [0.25, 0.3) is 11.2 Å². The number of imidazole rings is 1. The molecule has 228 valence electrons. The minimum Gasteiger partial charge on any atom is -0.493 e. The van der Waals surface area contributed by atoms with Gasteiger partial charge in [-0.2, -0.15) is 4.90 Å². The van der Waals surface area contributed by atoms with Gasteiger partial charge in [-0.3, -0.25) is 4.79 Å². The molecule has 0 radical (unpaired) electrons. The maximum atomic E-state index is 13.2. The number of ether oxygens (including phenoxy) is 3. The standard InChI is InChI=1S/C27H34Cl2N6O7/c1-26(2,3)41-24(38)35(25(39)42-27(4,5)6)22-20-21(31-13-32-22)34(14-33-20)12-15-18(10-9-16(28)19(15)29)40-11-7-8-17(30)23(36)37/h9-10,13-14,17H,7-8,11-12,30H2,1-6H3,(H,36,37)/t17-/m1/s1. The summed E-state index contributed by atoms with van der Waals surface area (Å²) < 4.78 is 18.4. The second kappa shape index (κ2) is 13.1. The molecule has 0 aliphatic rings. The fourth-order valence-corrected chi connectivity index (χ4v) is 4.04. The van der Waals surface area contributed by atoms with Crippen LogP contribution < -0.4 is 15.4 Å². The van der Waals surface area contributed by atoms with Crippen LogP contribution in [-0.2, 0) is 20.8 Å². The monoisotopic (exact) mass is 624 g/mol. The molecule has 2 aromatic heterocycles. The van der Waals surface area contributed by atoms with Gasteiger partial charge in [0.15, 0.2) is 17.0 Å². The third-order valence-electron chi connectivity index (χ3n) is 5.46. The first kappa shape index (κ1) is 32.8. The van der Waals surface area contributed by atoms with Crippen LogP contribution in [0.15, 0.2) is 24.8 Å². The van der Waals surface area contributed by atoms with Crippen LogP contribution in [0.5, 0.6) is 5.75 Å². The number of halogens is 2. The lowest BCUT2D eigenvalue weighted by Gasteiger charge is -2.28. The third kappa shape index (κ3) is 8.43. The van der Waals surface area contributed by atoms with Crippen LogP contribution in [0.4, 0.5) is 15.4 Å².